The Balaban J connectivity index is 2.08. The maximum Gasteiger partial charge on any atom is 0.123 e. The molecular formula is C11H13FN2OS. The van der Waals surface area contributed by atoms with Gasteiger partial charge in [-0.15, -0.1) is 11.8 Å². The Morgan fingerprint density at radius 1 is 1.56 bits per heavy atom. The van der Waals surface area contributed by atoms with Crippen LogP contribution in [-0.4, -0.2) is 24.3 Å². The first-order chi connectivity index (χ1) is 7.66. The molecule has 0 atom stereocenters. The van der Waals surface area contributed by atoms with E-state index in [0.717, 1.165) is 24.5 Å². The van der Waals surface area contributed by atoms with Gasteiger partial charge in [0.05, 0.1) is 18.5 Å². The average molecular weight is 240 g/mol. The largest absolute Gasteiger partial charge is 0.384 e. The number of rotatable bonds is 4. The van der Waals surface area contributed by atoms with Crippen molar-refractivity contribution < 1.29 is 9.13 Å². The third-order valence-corrected chi connectivity index (χ3v) is 3.67. The highest BCUT2D eigenvalue weighted by atomic mass is 32.2. The van der Waals surface area contributed by atoms with Gasteiger partial charge in [-0.05, 0) is 17.7 Å². The molecule has 1 heterocycles. The number of benzene rings is 1. The molecule has 3 nitrogen and oxygen atoms in total. The molecule has 0 bridgehead atoms. The summed E-state index contributed by atoms with van der Waals surface area (Å²) in [6.45, 7) is 1.56. The smallest absolute Gasteiger partial charge is 0.123 e. The number of halogens is 1. The van der Waals surface area contributed by atoms with Gasteiger partial charge in [-0.3, -0.25) is 5.41 Å². The molecule has 1 fully saturated rings. The van der Waals surface area contributed by atoms with Crippen LogP contribution >= 0.6 is 11.8 Å². The zero-order valence-corrected chi connectivity index (χ0v) is 9.52. The Morgan fingerprint density at radius 3 is 2.88 bits per heavy atom. The predicted octanol–water partition coefficient (Wildman–Crippen LogP) is 1.74. The van der Waals surface area contributed by atoms with Crippen LogP contribution in [0.15, 0.2) is 18.2 Å². The number of nitrogens with one attached hydrogen (secondary N) is 1. The summed E-state index contributed by atoms with van der Waals surface area (Å²) in [6, 6.07) is 4.41. The second-order valence-electron chi connectivity index (χ2n) is 3.69. The van der Waals surface area contributed by atoms with Gasteiger partial charge in [0.25, 0.3) is 0 Å². The Hall–Kier alpha value is -1.07. The van der Waals surface area contributed by atoms with Gasteiger partial charge in [0, 0.05) is 11.3 Å². The zero-order chi connectivity index (χ0) is 11.5. The van der Waals surface area contributed by atoms with Crippen molar-refractivity contribution in [3.05, 3.63) is 35.1 Å². The molecular weight excluding hydrogens is 227 g/mol. The Kier molecular flexibility index (Phi) is 3.46. The monoisotopic (exact) mass is 240 g/mol. The predicted molar refractivity (Wildman–Crippen MR) is 63.3 cm³/mol. The van der Waals surface area contributed by atoms with Gasteiger partial charge >= 0.3 is 0 Å². The van der Waals surface area contributed by atoms with E-state index in [1.165, 1.54) is 12.1 Å². The summed E-state index contributed by atoms with van der Waals surface area (Å²) in [7, 11) is 0. The fourth-order valence-corrected chi connectivity index (χ4v) is 2.50. The lowest BCUT2D eigenvalue weighted by molar-refractivity contribution is 0.0455. The molecule has 1 aliphatic heterocycles. The van der Waals surface area contributed by atoms with E-state index in [2.05, 4.69) is 0 Å². The summed E-state index contributed by atoms with van der Waals surface area (Å²) in [6.07, 6.45) is 0. The number of nitrogens with two attached hydrogens (primary N) is 1. The molecule has 1 aromatic carbocycles. The van der Waals surface area contributed by atoms with Gasteiger partial charge in [-0.2, -0.15) is 0 Å². The number of hydrogen-bond donors (Lipinski definition) is 2. The number of ether oxygens (including phenoxy) is 1. The maximum absolute atomic E-state index is 13.0. The lowest BCUT2D eigenvalue weighted by Crippen LogP contribution is -2.30. The number of hydrogen-bond acceptors (Lipinski definition) is 3. The highest BCUT2D eigenvalue weighted by molar-refractivity contribution is 7.99. The van der Waals surface area contributed by atoms with Crippen molar-refractivity contribution in [1.82, 2.24) is 0 Å². The molecule has 5 heteroatoms. The van der Waals surface area contributed by atoms with Crippen molar-refractivity contribution in [2.45, 2.75) is 11.0 Å². The minimum atomic E-state index is -0.356. The van der Waals surface area contributed by atoms with Crippen molar-refractivity contribution in [3.63, 3.8) is 0 Å². The van der Waals surface area contributed by atoms with Crippen LogP contribution in [0.3, 0.4) is 0 Å². The fourth-order valence-electron chi connectivity index (χ4n) is 1.44. The average Bonchev–Trinajstić information content (AvgIpc) is 2.17. The normalized spacial score (nSPS) is 15.8. The van der Waals surface area contributed by atoms with Gasteiger partial charge < -0.3 is 10.5 Å². The molecule has 0 saturated carbocycles. The van der Waals surface area contributed by atoms with Crippen molar-refractivity contribution in [2.75, 3.05) is 13.2 Å². The second kappa shape index (κ2) is 4.84. The van der Waals surface area contributed by atoms with Crippen LogP contribution in [0.2, 0.25) is 0 Å². The molecule has 1 aromatic rings. The molecule has 1 aliphatic rings. The molecule has 0 spiro atoms. The van der Waals surface area contributed by atoms with Crippen molar-refractivity contribution >= 4 is 17.6 Å². The molecule has 3 N–H and O–H groups in total. The minimum Gasteiger partial charge on any atom is -0.384 e. The second-order valence-corrected chi connectivity index (χ2v) is 4.97. The number of nitrogen functional groups attached to an aromatic ring is 1. The Morgan fingerprint density at radius 2 is 2.31 bits per heavy atom. The Labute approximate surface area is 97.7 Å². The fraction of sp³-hybridized carbons (Fsp3) is 0.364. The van der Waals surface area contributed by atoms with Gasteiger partial charge in [-0.25, -0.2) is 4.39 Å². The molecule has 0 aliphatic carbocycles. The maximum atomic E-state index is 13.0. The molecule has 0 aromatic heterocycles. The third kappa shape index (κ3) is 2.54. The van der Waals surface area contributed by atoms with Crippen LogP contribution in [0, 0.1) is 11.2 Å². The van der Waals surface area contributed by atoms with E-state index >= 15 is 0 Å². The summed E-state index contributed by atoms with van der Waals surface area (Å²) < 4.78 is 18.1. The van der Waals surface area contributed by atoms with E-state index in [9.17, 15) is 4.39 Å². The zero-order valence-electron chi connectivity index (χ0n) is 8.70. The van der Waals surface area contributed by atoms with Crippen LogP contribution in [0.4, 0.5) is 4.39 Å². The third-order valence-electron chi connectivity index (χ3n) is 2.44. The van der Waals surface area contributed by atoms with Crippen molar-refractivity contribution in [1.29, 1.82) is 5.41 Å². The molecule has 0 radical (unpaired) electrons. The number of amidine groups is 1. The van der Waals surface area contributed by atoms with Crippen LogP contribution < -0.4 is 5.73 Å². The first-order valence-electron chi connectivity index (χ1n) is 4.99. The summed E-state index contributed by atoms with van der Waals surface area (Å²) in [5.74, 6) is 0.300. The standard InChI is InChI=1S/C11H13FN2OS/c12-8-2-1-7(10(3-8)11(13)14)6-16-9-4-15-5-9/h1-3,9H,4-6H2,(H3,13,14). The highest BCUT2D eigenvalue weighted by Gasteiger charge is 2.19. The van der Waals surface area contributed by atoms with E-state index in [-0.39, 0.29) is 11.7 Å². The minimum absolute atomic E-state index is 0.0834. The van der Waals surface area contributed by atoms with Crippen LogP contribution in [0.25, 0.3) is 0 Å². The molecule has 16 heavy (non-hydrogen) atoms. The lowest BCUT2D eigenvalue weighted by atomic mass is 10.1. The Bertz CT molecular complexity index is 407. The quantitative estimate of drug-likeness (QED) is 0.622. The van der Waals surface area contributed by atoms with E-state index < -0.39 is 0 Å². The van der Waals surface area contributed by atoms with Gasteiger partial charge in [0.2, 0.25) is 0 Å². The molecule has 0 amide bonds. The van der Waals surface area contributed by atoms with Gasteiger partial charge in [-0.1, -0.05) is 6.07 Å². The molecule has 0 unspecified atom stereocenters. The topological polar surface area (TPSA) is 59.1 Å². The number of thioether (sulfide) groups is 1. The van der Waals surface area contributed by atoms with Crippen molar-refractivity contribution in [3.8, 4) is 0 Å². The van der Waals surface area contributed by atoms with Gasteiger partial charge in [0.15, 0.2) is 0 Å². The SMILES string of the molecule is N=C(N)c1cc(F)ccc1CSC1COC1. The van der Waals surface area contributed by atoms with Crippen LogP contribution in [-0.2, 0) is 10.5 Å². The summed E-state index contributed by atoms with van der Waals surface area (Å²) >= 11 is 1.75. The summed E-state index contributed by atoms with van der Waals surface area (Å²) in [4.78, 5) is 0. The van der Waals surface area contributed by atoms with E-state index in [0.29, 0.717) is 10.8 Å². The van der Waals surface area contributed by atoms with Crippen LogP contribution in [0.1, 0.15) is 11.1 Å². The van der Waals surface area contributed by atoms with Crippen molar-refractivity contribution in [2.24, 2.45) is 5.73 Å². The molecule has 2 rings (SSSR count). The lowest BCUT2D eigenvalue weighted by Gasteiger charge is -2.25. The molecule has 86 valence electrons. The van der Waals surface area contributed by atoms with Crippen LogP contribution in [0.5, 0.6) is 0 Å². The van der Waals surface area contributed by atoms with E-state index in [1.54, 1.807) is 17.8 Å². The highest BCUT2D eigenvalue weighted by Crippen LogP contribution is 2.25. The summed E-state index contributed by atoms with van der Waals surface area (Å²) in [5, 5.41) is 7.91. The first kappa shape index (κ1) is 11.4. The molecule has 1 saturated heterocycles. The first-order valence-corrected chi connectivity index (χ1v) is 6.04. The van der Waals surface area contributed by atoms with E-state index in [4.69, 9.17) is 15.9 Å². The van der Waals surface area contributed by atoms with Gasteiger partial charge in [0.1, 0.15) is 11.7 Å². The van der Waals surface area contributed by atoms with E-state index in [1.807, 2.05) is 0 Å². The summed E-state index contributed by atoms with van der Waals surface area (Å²) in [5.41, 5.74) is 6.82.